The molecule has 1 spiro atoms. The Labute approximate surface area is 205 Å². The number of hydrogen-bond acceptors (Lipinski definition) is 9. The molecule has 9 heteroatoms. The van der Waals surface area contributed by atoms with Gasteiger partial charge in [0.25, 0.3) is 0 Å². The SMILES string of the molecule is CC(=O)OC[C@@]12[C@@H](OC(C)=O)C[C@@H](C)[C@](C)([C@H]3C[C@H]4C=CO[C@H]4O3)[C@H]1CC[C@H](OC(C)=O)[C@]21CO1. The Balaban J connectivity index is 1.62. The summed E-state index contributed by atoms with van der Waals surface area (Å²) in [4.78, 5) is 36.4. The molecule has 5 aliphatic rings. The molecular weight excluding hydrogens is 456 g/mol. The average molecular weight is 493 g/mol. The second-order valence-electron chi connectivity index (χ2n) is 11.2. The zero-order valence-corrected chi connectivity index (χ0v) is 21.1. The maximum absolute atomic E-state index is 12.3. The van der Waals surface area contributed by atoms with Gasteiger partial charge >= 0.3 is 17.9 Å². The van der Waals surface area contributed by atoms with Gasteiger partial charge in [-0.2, -0.15) is 0 Å². The summed E-state index contributed by atoms with van der Waals surface area (Å²) in [6.45, 7) is 8.93. The Bertz CT molecular complexity index is 926. The van der Waals surface area contributed by atoms with Crippen LogP contribution in [0, 0.1) is 28.6 Å². The first-order valence-corrected chi connectivity index (χ1v) is 12.6. The first kappa shape index (κ1) is 24.6. The van der Waals surface area contributed by atoms with E-state index in [4.69, 9.17) is 28.4 Å². The van der Waals surface area contributed by atoms with Gasteiger partial charge in [0, 0.05) is 32.1 Å². The third-order valence-electron chi connectivity index (χ3n) is 9.55. The first-order valence-electron chi connectivity index (χ1n) is 12.6. The van der Waals surface area contributed by atoms with Gasteiger partial charge in [0.1, 0.15) is 24.4 Å². The zero-order chi connectivity index (χ0) is 25.2. The highest BCUT2D eigenvalue weighted by atomic mass is 16.7. The lowest BCUT2D eigenvalue weighted by molar-refractivity contribution is -0.269. The number of esters is 3. The minimum absolute atomic E-state index is 0.0149. The second-order valence-corrected chi connectivity index (χ2v) is 11.2. The van der Waals surface area contributed by atoms with Gasteiger partial charge in [-0.3, -0.25) is 14.4 Å². The molecule has 0 amide bonds. The highest BCUT2D eigenvalue weighted by Crippen LogP contribution is 2.70. The standard InChI is InChI=1S/C26H36O9/c1-14-10-22(34-17(4)29)25(12-31-15(2)27)19(6-7-20(33-16(3)28)26(25)13-32-26)24(14,5)21-11-18-8-9-30-23(18)35-21/h8-9,14,18-23H,6-7,10-13H2,1-5H3/t14-,18-,19-,20+,21-,22+,23+,24+,25+,26-/m1/s1. The largest absolute Gasteiger partial charge is 0.472 e. The zero-order valence-electron chi connectivity index (χ0n) is 21.1. The molecule has 9 nitrogen and oxygen atoms in total. The van der Waals surface area contributed by atoms with Crippen LogP contribution < -0.4 is 0 Å². The van der Waals surface area contributed by atoms with Crippen LogP contribution in [0.15, 0.2) is 12.3 Å². The molecule has 10 atom stereocenters. The van der Waals surface area contributed by atoms with Gasteiger partial charge in [-0.25, -0.2) is 0 Å². The topological polar surface area (TPSA) is 110 Å². The smallest absolute Gasteiger partial charge is 0.303 e. The maximum Gasteiger partial charge on any atom is 0.303 e. The molecule has 194 valence electrons. The quantitative estimate of drug-likeness (QED) is 0.325. The van der Waals surface area contributed by atoms with Crippen LogP contribution in [0.4, 0.5) is 0 Å². The van der Waals surface area contributed by atoms with E-state index in [0.29, 0.717) is 25.9 Å². The Morgan fingerprint density at radius 2 is 1.69 bits per heavy atom. The van der Waals surface area contributed by atoms with Crippen LogP contribution in [0.3, 0.4) is 0 Å². The Morgan fingerprint density at radius 1 is 1.00 bits per heavy atom. The summed E-state index contributed by atoms with van der Waals surface area (Å²) >= 11 is 0. The van der Waals surface area contributed by atoms with E-state index in [-0.39, 0.29) is 42.2 Å². The van der Waals surface area contributed by atoms with Crippen molar-refractivity contribution in [2.24, 2.45) is 28.6 Å². The van der Waals surface area contributed by atoms with Crippen LogP contribution in [-0.2, 0) is 42.8 Å². The highest BCUT2D eigenvalue weighted by Gasteiger charge is 2.80. The minimum Gasteiger partial charge on any atom is -0.472 e. The lowest BCUT2D eigenvalue weighted by atomic mass is 9.42. The number of rotatable bonds is 5. The molecule has 0 aromatic carbocycles. The number of epoxide rings is 1. The van der Waals surface area contributed by atoms with Gasteiger partial charge in [0.15, 0.2) is 0 Å². The number of carbonyl (C=O) groups excluding carboxylic acids is 3. The van der Waals surface area contributed by atoms with Gasteiger partial charge in [0.05, 0.1) is 24.4 Å². The molecule has 4 fully saturated rings. The summed E-state index contributed by atoms with van der Waals surface area (Å²) in [5.74, 6) is -0.960. The molecule has 0 aromatic rings. The predicted molar refractivity (Wildman–Crippen MR) is 120 cm³/mol. The molecule has 0 unspecified atom stereocenters. The van der Waals surface area contributed by atoms with E-state index < -0.39 is 41.1 Å². The number of carbonyl (C=O) groups is 3. The lowest BCUT2D eigenvalue weighted by Crippen LogP contribution is -2.72. The Kier molecular flexibility index (Phi) is 5.95. The molecule has 5 rings (SSSR count). The summed E-state index contributed by atoms with van der Waals surface area (Å²) in [7, 11) is 0. The Hall–Kier alpha value is -2.13. The summed E-state index contributed by atoms with van der Waals surface area (Å²) in [6, 6.07) is 0. The molecular formula is C26H36O9. The molecule has 35 heavy (non-hydrogen) atoms. The van der Waals surface area contributed by atoms with Gasteiger partial charge in [-0.1, -0.05) is 13.8 Å². The van der Waals surface area contributed by atoms with Crippen molar-refractivity contribution >= 4 is 17.9 Å². The highest BCUT2D eigenvalue weighted by molar-refractivity contribution is 5.67. The second kappa shape index (κ2) is 8.47. The van der Waals surface area contributed by atoms with E-state index in [1.807, 2.05) is 0 Å². The van der Waals surface area contributed by atoms with Crippen molar-refractivity contribution in [2.45, 2.75) is 90.5 Å². The lowest BCUT2D eigenvalue weighted by Gasteiger charge is -2.64. The third-order valence-corrected chi connectivity index (χ3v) is 9.55. The molecule has 2 saturated carbocycles. The van der Waals surface area contributed by atoms with Gasteiger partial charge in [0.2, 0.25) is 6.29 Å². The van der Waals surface area contributed by atoms with Crippen molar-refractivity contribution in [2.75, 3.05) is 13.2 Å². The number of hydrogen-bond donors (Lipinski definition) is 0. The summed E-state index contributed by atoms with van der Waals surface area (Å²) in [5.41, 5.74) is -2.14. The summed E-state index contributed by atoms with van der Waals surface area (Å²) < 4.78 is 35.9. The van der Waals surface area contributed by atoms with Crippen LogP contribution >= 0.6 is 0 Å². The summed E-state index contributed by atoms with van der Waals surface area (Å²) in [5, 5.41) is 0. The van der Waals surface area contributed by atoms with E-state index in [0.717, 1.165) is 6.42 Å². The van der Waals surface area contributed by atoms with Crippen LogP contribution in [-0.4, -0.2) is 61.3 Å². The maximum atomic E-state index is 12.3. The monoisotopic (exact) mass is 492 g/mol. The van der Waals surface area contributed by atoms with Crippen molar-refractivity contribution in [1.29, 1.82) is 0 Å². The van der Waals surface area contributed by atoms with Crippen LogP contribution in [0.1, 0.15) is 60.3 Å². The molecule has 0 aromatic heterocycles. The minimum atomic E-state index is -0.899. The van der Waals surface area contributed by atoms with E-state index >= 15 is 0 Å². The van der Waals surface area contributed by atoms with Gasteiger partial charge in [-0.05, 0) is 43.6 Å². The van der Waals surface area contributed by atoms with Crippen LogP contribution in [0.25, 0.3) is 0 Å². The molecule has 3 heterocycles. The fourth-order valence-electron chi connectivity index (χ4n) is 7.82. The van der Waals surface area contributed by atoms with Crippen molar-refractivity contribution < 1.29 is 42.8 Å². The van der Waals surface area contributed by atoms with Gasteiger partial charge < -0.3 is 28.4 Å². The van der Waals surface area contributed by atoms with Crippen molar-refractivity contribution in [3.8, 4) is 0 Å². The van der Waals surface area contributed by atoms with E-state index in [1.165, 1.54) is 20.8 Å². The molecule has 3 aliphatic heterocycles. The van der Waals surface area contributed by atoms with Crippen molar-refractivity contribution in [3.05, 3.63) is 12.3 Å². The van der Waals surface area contributed by atoms with Crippen molar-refractivity contribution in [1.82, 2.24) is 0 Å². The van der Waals surface area contributed by atoms with E-state index in [9.17, 15) is 14.4 Å². The van der Waals surface area contributed by atoms with Crippen molar-refractivity contribution in [3.63, 3.8) is 0 Å². The first-order chi connectivity index (χ1) is 16.5. The molecule has 0 bridgehead atoms. The van der Waals surface area contributed by atoms with E-state index in [1.54, 1.807) is 6.26 Å². The Morgan fingerprint density at radius 3 is 2.29 bits per heavy atom. The van der Waals surface area contributed by atoms with E-state index in [2.05, 4.69) is 19.9 Å². The predicted octanol–water partition coefficient (Wildman–Crippen LogP) is 2.90. The normalized spacial score (nSPS) is 47.4. The molecule has 0 N–H and O–H groups in total. The van der Waals surface area contributed by atoms with Crippen LogP contribution in [0.5, 0.6) is 0 Å². The average Bonchev–Trinajstić information content (AvgIpc) is 3.26. The van der Waals surface area contributed by atoms with Crippen LogP contribution in [0.2, 0.25) is 0 Å². The fraction of sp³-hybridized carbons (Fsp3) is 0.808. The molecule has 2 saturated heterocycles. The number of fused-ring (bicyclic) bond motifs is 3. The molecule has 0 radical (unpaired) electrons. The number of ether oxygens (including phenoxy) is 6. The third kappa shape index (κ3) is 3.60. The van der Waals surface area contributed by atoms with Gasteiger partial charge in [-0.15, -0.1) is 0 Å². The molecule has 2 aliphatic carbocycles. The summed E-state index contributed by atoms with van der Waals surface area (Å²) in [6.07, 6.45) is 4.96. The fourth-order valence-corrected chi connectivity index (χ4v) is 7.82.